The molecule has 3 aromatic rings. The van der Waals surface area contributed by atoms with Crippen molar-refractivity contribution in [1.29, 1.82) is 0 Å². The first-order valence-corrected chi connectivity index (χ1v) is 7.56. The summed E-state index contributed by atoms with van der Waals surface area (Å²) in [4.78, 5) is 23.7. The molecule has 0 aliphatic rings. The number of benzene rings is 2. The van der Waals surface area contributed by atoms with Crippen LogP contribution in [-0.2, 0) is 0 Å². The zero-order valence-electron chi connectivity index (χ0n) is 12.7. The fourth-order valence-electron chi connectivity index (χ4n) is 2.17. The quantitative estimate of drug-likeness (QED) is 0.712. The number of Topliss-reactive ketones (excluding diaryl/α,β-unsaturated/α-hetero) is 1. The highest BCUT2D eigenvalue weighted by atomic mass is 35.5. The first kappa shape index (κ1) is 16.0. The van der Waals surface area contributed by atoms with Gasteiger partial charge in [0, 0.05) is 27.9 Å². The third kappa shape index (κ3) is 3.52. The van der Waals surface area contributed by atoms with Gasteiger partial charge >= 0.3 is 0 Å². The normalized spacial score (nSPS) is 10.4. The topological polar surface area (TPSA) is 72.2 Å². The highest BCUT2D eigenvalue weighted by molar-refractivity contribution is 6.30. The van der Waals surface area contributed by atoms with Crippen LogP contribution >= 0.6 is 11.6 Å². The van der Waals surface area contributed by atoms with Gasteiger partial charge in [-0.05, 0) is 31.2 Å². The number of aromatic nitrogens is 1. The summed E-state index contributed by atoms with van der Waals surface area (Å²) in [6.07, 6.45) is 0. The van der Waals surface area contributed by atoms with Crippen molar-refractivity contribution in [3.05, 3.63) is 70.9 Å². The molecule has 0 saturated heterocycles. The maximum Gasteiger partial charge on any atom is 0.277 e. The van der Waals surface area contributed by atoms with Gasteiger partial charge < -0.3 is 9.84 Å². The molecule has 5 nitrogen and oxygen atoms in total. The summed E-state index contributed by atoms with van der Waals surface area (Å²) in [5.74, 6) is -0.0522. The lowest BCUT2D eigenvalue weighted by Crippen LogP contribution is -2.12. The van der Waals surface area contributed by atoms with E-state index < -0.39 is 5.91 Å². The molecule has 0 unspecified atom stereocenters. The Morgan fingerprint density at radius 2 is 1.88 bits per heavy atom. The number of carbonyl (C=O) groups excluding carboxylic acids is 2. The van der Waals surface area contributed by atoms with Gasteiger partial charge in [0.2, 0.25) is 0 Å². The Hall–Kier alpha value is -2.92. The second kappa shape index (κ2) is 6.68. The first-order chi connectivity index (χ1) is 11.5. The van der Waals surface area contributed by atoms with Crippen LogP contribution < -0.4 is 5.32 Å². The molecule has 0 aliphatic carbocycles. The minimum atomic E-state index is -0.423. The number of halogens is 1. The van der Waals surface area contributed by atoms with Crippen LogP contribution in [0.2, 0.25) is 5.02 Å². The Kier molecular flexibility index (Phi) is 4.44. The summed E-state index contributed by atoms with van der Waals surface area (Å²) < 4.78 is 5.20. The third-order valence-corrected chi connectivity index (χ3v) is 3.61. The molecule has 1 heterocycles. The second-order valence-corrected chi connectivity index (χ2v) is 5.61. The number of hydrogen-bond donors (Lipinski definition) is 1. The maximum atomic E-state index is 12.3. The lowest BCUT2D eigenvalue weighted by Gasteiger charge is -2.04. The van der Waals surface area contributed by atoms with Crippen LogP contribution in [0.25, 0.3) is 11.3 Å². The summed E-state index contributed by atoms with van der Waals surface area (Å²) in [7, 11) is 0. The lowest BCUT2D eigenvalue weighted by molar-refractivity contribution is 0.100. The van der Waals surface area contributed by atoms with Gasteiger partial charge in [-0.3, -0.25) is 9.59 Å². The minimum absolute atomic E-state index is 0.0734. The van der Waals surface area contributed by atoms with Crippen LogP contribution in [-0.4, -0.2) is 16.8 Å². The van der Waals surface area contributed by atoms with Crippen LogP contribution in [0.5, 0.6) is 0 Å². The van der Waals surface area contributed by atoms with Crippen molar-refractivity contribution in [3.8, 4) is 11.3 Å². The van der Waals surface area contributed by atoms with Gasteiger partial charge in [0.15, 0.2) is 17.2 Å². The number of hydrogen-bond acceptors (Lipinski definition) is 4. The summed E-state index contributed by atoms with van der Waals surface area (Å²) >= 11 is 5.94. The summed E-state index contributed by atoms with van der Waals surface area (Å²) in [5, 5.41) is 7.03. The molecule has 1 amide bonds. The van der Waals surface area contributed by atoms with Crippen molar-refractivity contribution >= 4 is 29.0 Å². The summed E-state index contributed by atoms with van der Waals surface area (Å²) in [6, 6.07) is 15.3. The van der Waals surface area contributed by atoms with Gasteiger partial charge in [-0.1, -0.05) is 41.0 Å². The molecule has 6 heteroatoms. The van der Waals surface area contributed by atoms with E-state index in [1.54, 1.807) is 42.5 Å². The molecule has 0 bridgehead atoms. The molecule has 0 fully saturated rings. The molecule has 2 aromatic carbocycles. The molecule has 3 rings (SSSR count). The fraction of sp³-hybridized carbons (Fsp3) is 0.0556. The van der Waals surface area contributed by atoms with E-state index in [4.69, 9.17) is 16.1 Å². The number of carbonyl (C=O) groups is 2. The summed E-state index contributed by atoms with van der Waals surface area (Å²) in [6.45, 7) is 1.47. The predicted octanol–water partition coefficient (Wildman–Crippen LogP) is 4.45. The average Bonchev–Trinajstić information content (AvgIpc) is 3.05. The lowest BCUT2D eigenvalue weighted by atomic mass is 10.1. The Labute approximate surface area is 143 Å². The van der Waals surface area contributed by atoms with Crippen LogP contribution in [0.4, 0.5) is 5.69 Å². The van der Waals surface area contributed by atoms with E-state index in [1.807, 2.05) is 6.07 Å². The van der Waals surface area contributed by atoms with Gasteiger partial charge in [-0.15, -0.1) is 0 Å². The standard InChI is InChI=1S/C18H13ClN2O3/c1-11(22)12-4-3-7-15(9-12)20-18(23)16-10-17(24-21-16)13-5-2-6-14(19)8-13/h2-10H,1H3,(H,20,23). The molecule has 0 atom stereocenters. The zero-order valence-corrected chi connectivity index (χ0v) is 13.5. The number of anilines is 1. The van der Waals surface area contributed by atoms with Crippen LogP contribution in [0.3, 0.4) is 0 Å². The van der Waals surface area contributed by atoms with Crippen molar-refractivity contribution in [2.24, 2.45) is 0 Å². The molecule has 1 N–H and O–H groups in total. The largest absolute Gasteiger partial charge is 0.355 e. The van der Waals surface area contributed by atoms with E-state index in [-0.39, 0.29) is 11.5 Å². The minimum Gasteiger partial charge on any atom is -0.355 e. The fourth-order valence-corrected chi connectivity index (χ4v) is 2.36. The molecular weight excluding hydrogens is 328 g/mol. The first-order valence-electron chi connectivity index (χ1n) is 7.18. The van der Waals surface area contributed by atoms with E-state index in [0.29, 0.717) is 22.0 Å². The van der Waals surface area contributed by atoms with Crippen LogP contribution in [0.15, 0.2) is 59.1 Å². The highest BCUT2D eigenvalue weighted by Crippen LogP contribution is 2.23. The van der Waals surface area contributed by atoms with Gasteiger partial charge in [0.25, 0.3) is 5.91 Å². The van der Waals surface area contributed by atoms with Crippen LogP contribution in [0.1, 0.15) is 27.8 Å². The number of amides is 1. The smallest absolute Gasteiger partial charge is 0.277 e. The molecule has 0 saturated carbocycles. The van der Waals surface area contributed by atoms with E-state index in [9.17, 15) is 9.59 Å². The molecule has 0 aliphatic heterocycles. The number of rotatable bonds is 4. The molecule has 0 radical (unpaired) electrons. The van der Waals surface area contributed by atoms with E-state index >= 15 is 0 Å². The second-order valence-electron chi connectivity index (χ2n) is 5.18. The Bertz CT molecular complexity index is 918. The van der Waals surface area contributed by atoms with Crippen molar-refractivity contribution in [3.63, 3.8) is 0 Å². The number of nitrogens with zero attached hydrogens (tertiary/aromatic N) is 1. The molecule has 120 valence electrons. The van der Waals surface area contributed by atoms with E-state index in [2.05, 4.69) is 10.5 Å². The number of ketones is 1. The van der Waals surface area contributed by atoms with Crippen molar-refractivity contribution in [2.45, 2.75) is 6.92 Å². The van der Waals surface area contributed by atoms with Gasteiger partial charge in [-0.25, -0.2) is 0 Å². The highest BCUT2D eigenvalue weighted by Gasteiger charge is 2.14. The van der Waals surface area contributed by atoms with Gasteiger partial charge in [0.05, 0.1) is 0 Å². The van der Waals surface area contributed by atoms with E-state index in [1.165, 1.54) is 13.0 Å². The van der Waals surface area contributed by atoms with E-state index in [0.717, 1.165) is 5.56 Å². The Balaban J connectivity index is 1.79. The number of nitrogens with one attached hydrogen (secondary N) is 1. The van der Waals surface area contributed by atoms with Gasteiger partial charge in [0.1, 0.15) is 0 Å². The average molecular weight is 341 g/mol. The SMILES string of the molecule is CC(=O)c1cccc(NC(=O)c2cc(-c3cccc(Cl)c3)on2)c1. The monoisotopic (exact) mass is 340 g/mol. The van der Waals surface area contributed by atoms with Crippen molar-refractivity contribution < 1.29 is 14.1 Å². The predicted molar refractivity (Wildman–Crippen MR) is 91.3 cm³/mol. The Morgan fingerprint density at radius 1 is 1.08 bits per heavy atom. The summed E-state index contributed by atoms with van der Waals surface area (Å²) in [5.41, 5.74) is 1.90. The molecule has 24 heavy (non-hydrogen) atoms. The van der Waals surface area contributed by atoms with Gasteiger partial charge in [-0.2, -0.15) is 0 Å². The zero-order chi connectivity index (χ0) is 17.1. The third-order valence-electron chi connectivity index (χ3n) is 3.38. The Morgan fingerprint density at radius 3 is 2.62 bits per heavy atom. The molecular formula is C18H13ClN2O3. The molecule has 1 aromatic heterocycles. The van der Waals surface area contributed by atoms with Crippen LogP contribution in [0, 0.1) is 0 Å². The molecule has 0 spiro atoms. The van der Waals surface area contributed by atoms with Crippen molar-refractivity contribution in [1.82, 2.24) is 5.16 Å². The maximum absolute atomic E-state index is 12.3. The van der Waals surface area contributed by atoms with Crippen molar-refractivity contribution in [2.75, 3.05) is 5.32 Å².